The van der Waals surface area contributed by atoms with Gasteiger partial charge in [0.2, 0.25) is 0 Å². The summed E-state index contributed by atoms with van der Waals surface area (Å²) < 4.78 is 5.21. The zero-order valence-corrected chi connectivity index (χ0v) is 11.0. The monoisotopic (exact) mass is 276 g/mol. The predicted molar refractivity (Wildman–Crippen MR) is 72.6 cm³/mol. The number of carbonyl (C=O) groups is 1. The molecule has 0 aromatic heterocycles. The Balaban J connectivity index is 2.26. The van der Waals surface area contributed by atoms with E-state index in [9.17, 15) is 15.0 Å². The van der Waals surface area contributed by atoms with Crippen LogP contribution in [0.15, 0.2) is 48.3 Å². The number of aliphatic hydroxyl groups is 2. The number of para-hydroxylation sites is 1. The lowest BCUT2D eigenvalue weighted by molar-refractivity contribution is -0.139. The minimum Gasteiger partial charge on any atom is -0.511 e. The van der Waals surface area contributed by atoms with E-state index in [1.807, 2.05) is 12.1 Å². The van der Waals surface area contributed by atoms with Crippen molar-refractivity contribution in [2.24, 2.45) is 5.92 Å². The summed E-state index contributed by atoms with van der Waals surface area (Å²) in [5, 5.41) is 29.1. The number of benzene rings is 1. The molecule has 1 aromatic rings. The van der Waals surface area contributed by atoms with E-state index in [1.54, 1.807) is 12.1 Å². The van der Waals surface area contributed by atoms with Gasteiger partial charge >= 0.3 is 5.97 Å². The van der Waals surface area contributed by atoms with E-state index in [0.717, 1.165) is 11.6 Å². The Bertz CT molecular complexity index is 575. The number of hydrogen-bond donors (Lipinski definition) is 3. The average molecular weight is 276 g/mol. The summed E-state index contributed by atoms with van der Waals surface area (Å²) >= 11 is 0. The maximum Gasteiger partial charge on any atom is 0.318 e. The van der Waals surface area contributed by atoms with E-state index < -0.39 is 17.5 Å². The topological polar surface area (TPSA) is 87.0 Å². The lowest BCUT2D eigenvalue weighted by Gasteiger charge is -2.26. The third-order valence-corrected chi connectivity index (χ3v) is 3.23. The van der Waals surface area contributed by atoms with Crippen LogP contribution >= 0.6 is 0 Å². The Morgan fingerprint density at radius 2 is 2.10 bits per heavy atom. The second-order valence-electron chi connectivity index (χ2n) is 4.72. The van der Waals surface area contributed by atoms with Gasteiger partial charge in [-0.15, -0.1) is 0 Å². The van der Waals surface area contributed by atoms with Gasteiger partial charge in [0.15, 0.2) is 0 Å². The Morgan fingerprint density at radius 1 is 1.40 bits per heavy atom. The lowest BCUT2D eigenvalue weighted by Crippen LogP contribution is -2.32. The van der Waals surface area contributed by atoms with Gasteiger partial charge in [-0.2, -0.15) is 0 Å². The van der Waals surface area contributed by atoms with Crippen LogP contribution in [0.3, 0.4) is 0 Å². The number of methoxy groups -OCH3 is 1. The van der Waals surface area contributed by atoms with Crippen LogP contribution in [0.5, 0.6) is 5.75 Å². The van der Waals surface area contributed by atoms with Crippen molar-refractivity contribution in [3.63, 3.8) is 0 Å². The molecule has 5 nitrogen and oxygen atoms in total. The van der Waals surface area contributed by atoms with Gasteiger partial charge in [0, 0.05) is 6.42 Å². The Kier molecular flexibility index (Phi) is 3.81. The summed E-state index contributed by atoms with van der Waals surface area (Å²) in [7, 11) is 1.54. The van der Waals surface area contributed by atoms with E-state index >= 15 is 0 Å². The van der Waals surface area contributed by atoms with Gasteiger partial charge in [0.25, 0.3) is 0 Å². The molecule has 106 valence electrons. The fourth-order valence-electron chi connectivity index (χ4n) is 2.23. The molecule has 0 saturated heterocycles. The van der Waals surface area contributed by atoms with Crippen LogP contribution in [0.2, 0.25) is 0 Å². The highest BCUT2D eigenvalue weighted by molar-refractivity contribution is 5.76. The predicted octanol–water partition coefficient (Wildman–Crippen LogP) is 1.68. The zero-order chi connectivity index (χ0) is 14.8. The summed E-state index contributed by atoms with van der Waals surface area (Å²) in [6, 6.07) is 7.21. The number of carboxylic acids is 1. The molecule has 0 saturated carbocycles. The van der Waals surface area contributed by atoms with Crippen LogP contribution < -0.4 is 4.74 Å². The zero-order valence-electron chi connectivity index (χ0n) is 11.0. The molecule has 3 N–H and O–H groups in total. The maximum atomic E-state index is 10.9. The van der Waals surface area contributed by atoms with Crippen molar-refractivity contribution in [2.75, 3.05) is 7.11 Å². The molecule has 0 amide bonds. The highest BCUT2D eigenvalue weighted by atomic mass is 16.5. The SMILES string of the molecule is COc1ccccc1CC1(O)C=CC(C(=O)O)C(O)=C1. The molecule has 0 radical (unpaired) electrons. The minimum atomic E-state index is -1.43. The van der Waals surface area contributed by atoms with Crippen molar-refractivity contribution in [1.29, 1.82) is 0 Å². The number of aliphatic carboxylic acids is 1. The number of aliphatic hydroxyl groups excluding tert-OH is 1. The molecule has 1 aliphatic carbocycles. The van der Waals surface area contributed by atoms with Crippen LogP contribution in [-0.2, 0) is 11.2 Å². The summed E-state index contributed by atoms with van der Waals surface area (Å²) in [6.45, 7) is 0. The molecule has 5 heteroatoms. The quantitative estimate of drug-likeness (QED) is 0.728. The second-order valence-corrected chi connectivity index (χ2v) is 4.72. The highest BCUT2D eigenvalue weighted by Gasteiger charge is 2.32. The van der Waals surface area contributed by atoms with Gasteiger partial charge in [-0.3, -0.25) is 4.79 Å². The first-order valence-corrected chi connectivity index (χ1v) is 6.13. The first-order valence-electron chi connectivity index (χ1n) is 6.13. The molecule has 2 unspecified atom stereocenters. The molecule has 1 aromatic carbocycles. The third kappa shape index (κ3) is 2.83. The summed E-state index contributed by atoms with van der Waals surface area (Å²) in [6.07, 6.45) is 4.02. The first kappa shape index (κ1) is 14.1. The van der Waals surface area contributed by atoms with Crippen LogP contribution in [0, 0.1) is 5.92 Å². The Hall–Kier alpha value is -2.27. The second kappa shape index (κ2) is 5.38. The van der Waals surface area contributed by atoms with Crippen LogP contribution in [0.4, 0.5) is 0 Å². The molecule has 20 heavy (non-hydrogen) atoms. The first-order chi connectivity index (χ1) is 9.45. The van der Waals surface area contributed by atoms with Gasteiger partial charge in [-0.1, -0.05) is 30.4 Å². The largest absolute Gasteiger partial charge is 0.511 e. The van der Waals surface area contributed by atoms with Crippen molar-refractivity contribution < 1.29 is 24.9 Å². The van der Waals surface area contributed by atoms with E-state index in [-0.39, 0.29) is 12.2 Å². The van der Waals surface area contributed by atoms with Crippen molar-refractivity contribution in [3.8, 4) is 5.75 Å². The maximum absolute atomic E-state index is 10.9. The van der Waals surface area contributed by atoms with Crippen LogP contribution in [0.25, 0.3) is 0 Å². The average Bonchev–Trinajstić information content (AvgIpc) is 2.38. The summed E-state index contributed by atoms with van der Waals surface area (Å²) in [5.41, 5.74) is -0.662. The van der Waals surface area contributed by atoms with Crippen LogP contribution in [0.1, 0.15) is 5.56 Å². The van der Waals surface area contributed by atoms with E-state index in [1.165, 1.54) is 19.3 Å². The standard InChI is InChI=1S/C15H16O5/c1-20-13-5-3-2-4-10(13)8-15(19)7-6-11(14(17)18)12(16)9-15/h2-7,9,11,16,19H,8H2,1H3,(H,17,18). The normalized spacial score (nSPS) is 25.1. The Labute approximate surface area is 116 Å². The summed E-state index contributed by atoms with van der Waals surface area (Å²) in [5.74, 6) is -2.00. The number of rotatable bonds is 4. The molecule has 0 aliphatic heterocycles. The van der Waals surface area contributed by atoms with E-state index in [0.29, 0.717) is 5.75 Å². The molecule has 0 fully saturated rings. The molecule has 2 rings (SSSR count). The van der Waals surface area contributed by atoms with Crippen molar-refractivity contribution in [2.45, 2.75) is 12.0 Å². The fraction of sp³-hybridized carbons (Fsp3) is 0.267. The van der Waals surface area contributed by atoms with Crippen molar-refractivity contribution in [3.05, 3.63) is 53.8 Å². The van der Waals surface area contributed by atoms with Crippen LogP contribution in [-0.4, -0.2) is 34.0 Å². The minimum absolute atomic E-state index is 0.184. The number of carboxylic acid groups (broad SMARTS) is 1. The highest BCUT2D eigenvalue weighted by Crippen LogP contribution is 2.30. The van der Waals surface area contributed by atoms with Crippen molar-refractivity contribution >= 4 is 5.97 Å². The lowest BCUT2D eigenvalue weighted by atomic mass is 9.86. The van der Waals surface area contributed by atoms with Gasteiger partial charge in [0.05, 0.1) is 7.11 Å². The molecule has 2 atom stereocenters. The molecule has 1 aliphatic rings. The van der Waals surface area contributed by atoms with Gasteiger partial charge in [-0.25, -0.2) is 0 Å². The van der Waals surface area contributed by atoms with E-state index in [2.05, 4.69) is 0 Å². The molecular formula is C15H16O5. The van der Waals surface area contributed by atoms with Crippen molar-refractivity contribution in [1.82, 2.24) is 0 Å². The van der Waals surface area contributed by atoms with Gasteiger partial charge in [-0.05, 0) is 17.7 Å². The van der Waals surface area contributed by atoms with Gasteiger partial charge < -0.3 is 20.1 Å². The molecule has 0 bridgehead atoms. The van der Waals surface area contributed by atoms with E-state index in [4.69, 9.17) is 9.84 Å². The molecule has 0 heterocycles. The Morgan fingerprint density at radius 3 is 2.70 bits per heavy atom. The molecule has 0 spiro atoms. The fourth-order valence-corrected chi connectivity index (χ4v) is 2.23. The van der Waals surface area contributed by atoms with Gasteiger partial charge in [0.1, 0.15) is 23.0 Å². The molecular weight excluding hydrogens is 260 g/mol. The smallest absolute Gasteiger partial charge is 0.318 e. The number of ether oxygens (including phenoxy) is 1. The third-order valence-electron chi connectivity index (χ3n) is 3.23. The summed E-state index contributed by atoms with van der Waals surface area (Å²) in [4.78, 5) is 10.9. The number of hydrogen-bond acceptors (Lipinski definition) is 4.